The Hall–Kier alpha value is -1.95. The summed E-state index contributed by atoms with van der Waals surface area (Å²) in [4.78, 5) is 48.4. The number of cyclic esters (lactones) is 2. The first kappa shape index (κ1) is 32.3. The molecule has 2 aliphatic heterocycles. The van der Waals surface area contributed by atoms with Gasteiger partial charge >= 0.3 is 17.9 Å². The SMILES string of the molecule is C[C@H](CCCCC[C@H](O)[C@@H]1C=CC(=O)O1)OC(=O)[C@H](O)CS[C@H]1CC(=O)[C@@H](O)CCCCC[C@@H](C)OC1=O. The molecular weight excluding hydrogens is 516 g/mol. The average molecular weight is 559 g/mol. The lowest BCUT2D eigenvalue weighted by Crippen LogP contribution is -2.34. The van der Waals surface area contributed by atoms with Crippen molar-refractivity contribution in [1.29, 1.82) is 0 Å². The third kappa shape index (κ3) is 11.8. The van der Waals surface area contributed by atoms with E-state index in [-0.39, 0.29) is 18.3 Å². The molecule has 0 unspecified atom stereocenters. The highest BCUT2D eigenvalue weighted by molar-refractivity contribution is 8.00. The summed E-state index contributed by atoms with van der Waals surface area (Å²) in [6.45, 7) is 3.52. The fraction of sp³-hybridized carbons (Fsp3) is 0.778. The van der Waals surface area contributed by atoms with Gasteiger partial charge in [0, 0.05) is 18.2 Å². The number of Topliss-reactive ketones (excluding diaryl/α,β-unsaturated/α-hetero) is 1. The zero-order chi connectivity index (χ0) is 28.1. The number of aliphatic hydroxyl groups excluding tert-OH is 3. The molecule has 0 aliphatic carbocycles. The van der Waals surface area contributed by atoms with Crippen LogP contribution in [0.3, 0.4) is 0 Å². The van der Waals surface area contributed by atoms with Crippen molar-refractivity contribution in [2.75, 3.05) is 5.75 Å². The highest BCUT2D eigenvalue weighted by Crippen LogP contribution is 2.23. The molecule has 0 aromatic carbocycles. The predicted molar refractivity (Wildman–Crippen MR) is 140 cm³/mol. The molecule has 2 heterocycles. The van der Waals surface area contributed by atoms with Crippen LogP contribution >= 0.6 is 11.8 Å². The number of hydrogen-bond acceptors (Lipinski definition) is 11. The van der Waals surface area contributed by atoms with E-state index >= 15 is 0 Å². The Balaban J connectivity index is 1.71. The first-order valence-corrected chi connectivity index (χ1v) is 14.6. The van der Waals surface area contributed by atoms with Crippen molar-refractivity contribution in [3.05, 3.63) is 12.2 Å². The zero-order valence-corrected chi connectivity index (χ0v) is 23.1. The molecule has 0 radical (unpaired) electrons. The third-order valence-corrected chi connectivity index (χ3v) is 7.91. The van der Waals surface area contributed by atoms with Crippen molar-refractivity contribution < 1.29 is 48.7 Å². The number of ether oxygens (including phenoxy) is 3. The second-order valence-electron chi connectivity index (χ2n) is 10.1. The molecule has 2 aliphatic rings. The summed E-state index contributed by atoms with van der Waals surface area (Å²) in [5.74, 6) is -2.46. The lowest BCUT2D eigenvalue weighted by atomic mass is 10.0. The summed E-state index contributed by atoms with van der Waals surface area (Å²) in [6.07, 6.45) is 4.61. The molecule has 38 heavy (non-hydrogen) atoms. The van der Waals surface area contributed by atoms with Crippen molar-refractivity contribution in [3.63, 3.8) is 0 Å². The van der Waals surface area contributed by atoms with Gasteiger partial charge in [-0.05, 0) is 58.4 Å². The Kier molecular flexibility index (Phi) is 14.3. The second-order valence-corrected chi connectivity index (χ2v) is 11.4. The molecule has 216 valence electrons. The van der Waals surface area contributed by atoms with Crippen molar-refractivity contribution in [2.45, 2.75) is 126 Å². The fourth-order valence-corrected chi connectivity index (χ4v) is 5.32. The van der Waals surface area contributed by atoms with E-state index in [0.717, 1.165) is 37.4 Å². The van der Waals surface area contributed by atoms with Gasteiger partial charge in [-0.15, -0.1) is 11.8 Å². The minimum absolute atomic E-state index is 0.152. The third-order valence-electron chi connectivity index (χ3n) is 6.64. The number of hydrogen-bond donors (Lipinski definition) is 3. The first-order chi connectivity index (χ1) is 18.1. The molecular formula is C27H42O10S. The Morgan fingerprint density at radius 2 is 1.79 bits per heavy atom. The monoisotopic (exact) mass is 558 g/mol. The Bertz CT molecular complexity index is 816. The van der Waals surface area contributed by atoms with Crippen LogP contribution in [-0.4, -0.2) is 86.6 Å². The van der Waals surface area contributed by atoms with E-state index in [1.807, 2.05) is 0 Å². The van der Waals surface area contributed by atoms with Crippen molar-refractivity contribution in [1.82, 2.24) is 0 Å². The van der Waals surface area contributed by atoms with Gasteiger partial charge in [0.1, 0.15) is 17.5 Å². The van der Waals surface area contributed by atoms with Gasteiger partial charge in [-0.1, -0.05) is 25.7 Å². The van der Waals surface area contributed by atoms with E-state index in [1.54, 1.807) is 19.9 Å². The molecule has 7 atom stereocenters. The van der Waals surface area contributed by atoms with Crippen LogP contribution in [0.5, 0.6) is 0 Å². The highest BCUT2D eigenvalue weighted by atomic mass is 32.2. The van der Waals surface area contributed by atoms with Gasteiger partial charge in [0.15, 0.2) is 11.9 Å². The van der Waals surface area contributed by atoms with Crippen molar-refractivity contribution >= 4 is 35.5 Å². The van der Waals surface area contributed by atoms with E-state index in [1.165, 1.54) is 6.08 Å². The molecule has 0 spiro atoms. The maximum atomic E-state index is 12.6. The fourth-order valence-electron chi connectivity index (χ4n) is 4.30. The second kappa shape index (κ2) is 16.9. The molecule has 0 aromatic rings. The molecule has 1 fully saturated rings. The number of rotatable bonds is 12. The van der Waals surface area contributed by atoms with Gasteiger partial charge < -0.3 is 29.5 Å². The van der Waals surface area contributed by atoms with Gasteiger partial charge in [0.2, 0.25) is 0 Å². The number of unbranched alkanes of at least 4 members (excludes halogenated alkanes) is 2. The van der Waals surface area contributed by atoms with Crippen LogP contribution in [0.25, 0.3) is 0 Å². The number of carbonyl (C=O) groups excluding carboxylic acids is 4. The largest absolute Gasteiger partial charge is 0.462 e. The minimum atomic E-state index is -1.48. The summed E-state index contributed by atoms with van der Waals surface area (Å²) >= 11 is 0.948. The van der Waals surface area contributed by atoms with Crippen LogP contribution in [0.1, 0.15) is 84.5 Å². The first-order valence-electron chi connectivity index (χ1n) is 13.5. The van der Waals surface area contributed by atoms with Crippen LogP contribution in [0.2, 0.25) is 0 Å². The average Bonchev–Trinajstić information content (AvgIpc) is 3.31. The van der Waals surface area contributed by atoms with Gasteiger partial charge in [-0.25, -0.2) is 9.59 Å². The molecule has 1 saturated heterocycles. The number of esters is 3. The molecule has 10 nitrogen and oxygen atoms in total. The standard InChI is InChI=1S/C27H42O10S/c1-17(9-6-4-8-12-20(29)23-13-14-25(32)37-23)35-26(33)22(31)16-38-24-15-21(30)19(28)11-7-3-5-10-18(2)36-27(24)34/h13-14,17-20,22-24,28-29,31H,3-12,15-16H2,1-2H3/t17-,18-,19+,20+,22-,23+,24+/m1/s1. The summed E-state index contributed by atoms with van der Waals surface area (Å²) in [6, 6.07) is 0. The number of carbonyl (C=O) groups is 4. The van der Waals surface area contributed by atoms with Crippen molar-refractivity contribution in [2.24, 2.45) is 0 Å². The van der Waals surface area contributed by atoms with Gasteiger partial charge in [-0.3, -0.25) is 9.59 Å². The quantitative estimate of drug-likeness (QED) is 0.184. The van der Waals surface area contributed by atoms with Gasteiger partial charge in [0.05, 0.1) is 18.3 Å². The maximum Gasteiger partial charge on any atom is 0.336 e. The molecule has 0 aromatic heterocycles. The van der Waals surface area contributed by atoms with Crippen LogP contribution < -0.4 is 0 Å². The normalized spacial score (nSPS) is 27.4. The smallest absolute Gasteiger partial charge is 0.336 e. The zero-order valence-electron chi connectivity index (χ0n) is 22.3. The lowest BCUT2D eigenvalue weighted by Gasteiger charge is -2.22. The van der Waals surface area contributed by atoms with Crippen molar-refractivity contribution in [3.8, 4) is 0 Å². The number of thioether (sulfide) groups is 1. The topological polar surface area (TPSA) is 157 Å². The van der Waals surface area contributed by atoms with Gasteiger partial charge in [0.25, 0.3) is 0 Å². The summed E-state index contributed by atoms with van der Waals surface area (Å²) in [5.41, 5.74) is 0. The predicted octanol–water partition coefficient (Wildman–Crippen LogP) is 2.39. The van der Waals surface area contributed by atoms with Crippen LogP contribution in [0.15, 0.2) is 12.2 Å². The van der Waals surface area contributed by atoms with Crippen LogP contribution in [-0.2, 0) is 33.4 Å². The molecule has 11 heteroatoms. The van der Waals surface area contributed by atoms with E-state index in [2.05, 4.69) is 0 Å². The summed E-state index contributed by atoms with van der Waals surface area (Å²) < 4.78 is 15.7. The van der Waals surface area contributed by atoms with Crippen LogP contribution in [0, 0.1) is 0 Å². The maximum absolute atomic E-state index is 12.6. The number of aliphatic hydroxyl groups is 3. The molecule has 0 saturated carbocycles. The van der Waals surface area contributed by atoms with Gasteiger partial charge in [-0.2, -0.15) is 0 Å². The van der Waals surface area contributed by atoms with E-state index < -0.39 is 59.5 Å². The number of ketones is 1. The van der Waals surface area contributed by atoms with E-state index in [4.69, 9.17) is 14.2 Å². The summed E-state index contributed by atoms with van der Waals surface area (Å²) in [7, 11) is 0. The molecule has 0 bridgehead atoms. The Morgan fingerprint density at radius 3 is 2.50 bits per heavy atom. The highest BCUT2D eigenvalue weighted by Gasteiger charge is 2.31. The van der Waals surface area contributed by atoms with Crippen LogP contribution in [0.4, 0.5) is 0 Å². The molecule has 3 N–H and O–H groups in total. The Morgan fingerprint density at radius 1 is 1.08 bits per heavy atom. The van der Waals surface area contributed by atoms with E-state index in [0.29, 0.717) is 38.5 Å². The lowest BCUT2D eigenvalue weighted by molar-refractivity contribution is -0.157. The summed E-state index contributed by atoms with van der Waals surface area (Å²) in [5, 5.41) is 29.5. The Labute approximate surface area is 228 Å². The molecule has 2 rings (SSSR count). The molecule has 0 amide bonds. The minimum Gasteiger partial charge on any atom is -0.462 e. The van der Waals surface area contributed by atoms with E-state index in [9.17, 15) is 34.5 Å².